The molecule has 0 spiro atoms. The molecule has 0 N–H and O–H groups in total. The minimum Gasteiger partial charge on any atom is -0.248 e. The molecule has 0 amide bonds. The van der Waals surface area contributed by atoms with E-state index in [1.165, 1.54) is 21.5 Å². The number of benzene rings is 5. The summed E-state index contributed by atoms with van der Waals surface area (Å²) in [6.07, 6.45) is 0. The van der Waals surface area contributed by atoms with Gasteiger partial charge >= 0.3 is 0 Å². The number of hydrogen-bond donors (Lipinski definition) is 0. The van der Waals surface area contributed by atoms with Gasteiger partial charge in [0.2, 0.25) is 0 Å². The summed E-state index contributed by atoms with van der Waals surface area (Å²) in [7, 11) is 0. The maximum atomic E-state index is 6.74. The Bertz CT molecular complexity index is 1470. The molecule has 6 aromatic rings. The second-order valence-electron chi connectivity index (χ2n) is 7.33. The molecule has 0 aliphatic heterocycles. The number of halogens is 1. The third kappa shape index (κ3) is 2.45. The Hall–Kier alpha value is -3.42. The molecule has 0 aliphatic rings. The van der Waals surface area contributed by atoms with Crippen LogP contribution in [0.15, 0.2) is 97.1 Å². The van der Waals surface area contributed by atoms with Crippen LogP contribution in [0.2, 0.25) is 5.02 Å². The van der Waals surface area contributed by atoms with E-state index in [4.69, 9.17) is 16.6 Å². The summed E-state index contributed by atoms with van der Waals surface area (Å²) in [5, 5.41) is 7.86. The topological polar surface area (TPSA) is 12.9 Å². The first kappa shape index (κ1) is 16.5. The van der Waals surface area contributed by atoms with Crippen LogP contribution in [-0.4, -0.2) is 4.98 Å². The van der Waals surface area contributed by atoms with Gasteiger partial charge in [-0.3, -0.25) is 0 Å². The van der Waals surface area contributed by atoms with Crippen LogP contribution in [0.3, 0.4) is 0 Å². The molecule has 5 aromatic carbocycles. The predicted octanol–water partition coefficient (Wildman–Crippen LogP) is 8.01. The molecular weight excluding hydrogens is 374 g/mol. The van der Waals surface area contributed by atoms with E-state index in [2.05, 4.69) is 84.9 Å². The van der Waals surface area contributed by atoms with Crippen molar-refractivity contribution in [1.29, 1.82) is 0 Å². The summed E-state index contributed by atoms with van der Waals surface area (Å²) < 4.78 is 0. The fraction of sp³-hybridized carbons (Fsp3) is 0. The molecule has 6 rings (SSSR count). The second-order valence-corrected chi connectivity index (χ2v) is 7.74. The normalized spacial score (nSPS) is 11.6. The Kier molecular flexibility index (Phi) is 3.59. The zero-order chi connectivity index (χ0) is 19.4. The third-order valence-corrected chi connectivity index (χ3v) is 6.03. The van der Waals surface area contributed by atoms with E-state index >= 15 is 0 Å². The minimum atomic E-state index is 0.752. The van der Waals surface area contributed by atoms with Crippen molar-refractivity contribution in [2.45, 2.75) is 0 Å². The summed E-state index contributed by atoms with van der Waals surface area (Å²) >= 11 is 6.74. The van der Waals surface area contributed by atoms with E-state index in [1.54, 1.807) is 0 Å². The van der Waals surface area contributed by atoms with E-state index in [9.17, 15) is 0 Å². The van der Waals surface area contributed by atoms with Gasteiger partial charge in [-0.15, -0.1) is 0 Å². The summed E-state index contributed by atoms with van der Waals surface area (Å²) in [6, 6.07) is 33.6. The maximum absolute atomic E-state index is 6.74. The van der Waals surface area contributed by atoms with Crippen molar-refractivity contribution in [2.75, 3.05) is 0 Å². The Morgan fingerprint density at radius 2 is 1.03 bits per heavy atom. The SMILES string of the molecule is Clc1ccccc1-c1c2c(ccc3ccccc32)nc2ccc3ccccc3c12. The highest BCUT2D eigenvalue weighted by molar-refractivity contribution is 6.35. The zero-order valence-electron chi connectivity index (χ0n) is 15.6. The van der Waals surface area contributed by atoms with Crippen LogP contribution in [0.25, 0.3) is 54.5 Å². The van der Waals surface area contributed by atoms with E-state index < -0.39 is 0 Å². The van der Waals surface area contributed by atoms with Gasteiger partial charge in [0.15, 0.2) is 0 Å². The lowest BCUT2D eigenvalue weighted by molar-refractivity contribution is 1.51. The fourth-order valence-electron chi connectivity index (χ4n) is 4.42. The first-order valence-electron chi connectivity index (χ1n) is 9.69. The molecule has 0 saturated heterocycles. The minimum absolute atomic E-state index is 0.752. The number of nitrogens with zero attached hydrogens (tertiary/aromatic N) is 1. The molecular formula is C27H16ClN. The van der Waals surface area contributed by atoms with Gasteiger partial charge < -0.3 is 0 Å². The zero-order valence-corrected chi connectivity index (χ0v) is 16.3. The molecule has 1 aromatic heterocycles. The van der Waals surface area contributed by atoms with Crippen LogP contribution >= 0.6 is 11.6 Å². The van der Waals surface area contributed by atoms with Crippen LogP contribution in [0.5, 0.6) is 0 Å². The Labute approximate surface area is 173 Å². The van der Waals surface area contributed by atoms with Crippen molar-refractivity contribution in [1.82, 2.24) is 4.98 Å². The lowest BCUT2D eigenvalue weighted by atomic mass is 9.90. The summed E-state index contributed by atoms with van der Waals surface area (Å²) in [6.45, 7) is 0. The molecule has 136 valence electrons. The van der Waals surface area contributed by atoms with Crippen molar-refractivity contribution in [3.05, 3.63) is 102 Å². The van der Waals surface area contributed by atoms with E-state index in [0.29, 0.717) is 0 Å². The van der Waals surface area contributed by atoms with E-state index in [-0.39, 0.29) is 0 Å². The van der Waals surface area contributed by atoms with Gasteiger partial charge in [0.05, 0.1) is 11.0 Å². The second kappa shape index (κ2) is 6.30. The van der Waals surface area contributed by atoms with E-state index in [0.717, 1.165) is 38.0 Å². The van der Waals surface area contributed by atoms with Crippen LogP contribution in [0.1, 0.15) is 0 Å². The molecule has 0 unspecified atom stereocenters. The van der Waals surface area contributed by atoms with Crippen molar-refractivity contribution < 1.29 is 0 Å². The average Bonchev–Trinajstić information content (AvgIpc) is 2.78. The standard InChI is InChI=1S/C27H16ClN/c28-22-12-6-5-11-21(22)27-25-19-9-3-1-7-17(19)13-15-23(25)29-24-16-14-18-8-2-4-10-20(18)26(24)27/h1-16H. The van der Waals surface area contributed by atoms with Gasteiger partial charge in [-0.1, -0.05) is 90.5 Å². The van der Waals surface area contributed by atoms with E-state index in [1.807, 2.05) is 12.1 Å². The van der Waals surface area contributed by atoms with Crippen LogP contribution in [0, 0.1) is 0 Å². The van der Waals surface area contributed by atoms with Crippen LogP contribution in [-0.2, 0) is 0 Å². The van der Waals surface area contributed by atoms with Crippen molar-refractivity contribution in [3.8, 4) is 11.1 Å². The summed E-state index contributed by atoms with van der Waals surface area (Å²) in [4.78, 5) is 5.05. The maximum Gasteiger partial charge on any atom is 0.0722 e. The van der Waals surface area contributed by atoms with Crippen molar-refractivity contribution in [2.24, 2.45) is 0 Å². The largest absolute Gasteiger partial charge is 0.248 e. The number of hydrogen-bond acceptors (Lipinski definition) is 1. The lowest BCUT2D eigenvalue weighted by Gasteiger charge is -2.16. The highest BCUT2D eigenvalue weighted by Gasteiger charge is 2.17. The fourth-order valence-corrected chi connectivity index (χ4v) is 4.65. The molecule has 0 saturated carbocycles. The van der Waals surface area contributed by atoms with Gasteiger partial charge in [0.1, 0.15) is 0 Å². The Morgan fingerprint density at radius 3 is 1.62 bits per heavy atom. The Morgan fingerprint density at radius 1 is 0.517 bits per heavy atom. The van der Waals surface area contributed by atoms with Gasteiger partial charge in [0, 0.05) is 26.9 Å². The highest BCUT2D eigenvalue weighted by Crippen LogP contribution is 2.43. The molecule has 0 radical (unpaired) electrons. The van der Waals surface area contributed by atoms with Crippen molar-refractivity contribution in [3.63, 3.8) is 0 Å². The quantitative estimate of drug-likeness (QED) is 0.205. The highest BCUT2D eigenvalue weighted by atomic mass is 35.5. The van der Waals surface area contributed by atoms with Gasteiger partial charge in [-0.25, -0.2) is 4.98 Å². The molecule has 29 heavy (non-hydrogen) atoms. The molecule has 0 fully saturated rings. The van der Waals surface area contributed by atoms with Gasteiger partial charge in [-0.05, 0) is 39.7 Å². The first-order valence-corrected chi connectivity index (χ1v) is 10.1. The number of pyridine rings is 1. The Balaban J connectivity index is 1.98. The lowest BCUT2D eigenvalue weighted by Crippen LogP contribution is -1.92. The molecule has 2 heteroatoms. The molecule has 0 aliphatic carbocycles. The molecule has 0 atom stereocenters. The van der Waals surface area contributed by atoms with Gasteiger partial charge in [0.25, 0.3) is 0 Å². The van der Waals surface area contributed by atoms with Crippen LogP contribution < -0.4 is 0 Å². The number of rotatable bonds is 1. The average molecular weight is 390 g/mol. The smallest absolute Gasteiger partial charge is 0.0722 e. The monoisotopic (exact) mass is 389 g/mol. The number of fused-ring (bicyclic) bond motifs is 6. The molecule has 0 bridgehead atoms. The molecule has 1 heterocycles. The van der Waals surface area contributed by atoms with Gasteiger partial charge in [-0.2, -0.15) is 0 Å². The third-order valence-electron chi connectivity index (χ3n) is 5.70. The summed E-state index contributed by atoms with van der Waals surface area (Å²) in [5.74, 6) is 0. The van der Waals surface area contributed by atoms with Crippen molar-refractivity contribution >= 4 is 55.0 Å². The van der Waals surface area contributed by atoms with Crippen LogP contribution in [0.4, 0.5) is 0 Å². The first-order chi connectivity index (χ1) is 14.3. The number of aromatic nitrogens is 1. The summed E-state index contributed by atoms with van der Waals surface area (Å²) in [5.41, 5.74) is 4.17. The molecule has 1 nitrogen and oxygen atoms in total. The predicted molar refractivity (Wildman–Crippen MR) is 125 cm³/mol.